The molecule has 0 fully saturated rings. The second kappa shape index (κ2) is 5.70. The Morgan fingerprint density at radius 1 is 1.50 bits per heavy atom. The number of nitrogens with zero attached hydrogens (tertiary/aromatic N) is 2. The minimum absolute atomic E-state index is 0.0725. The summed E-state index contributed by atoms with van der Waals surface area (Å²) >= 11 is 5.99. The van der Waals surface area contributed by atoms with Crippen LogP contribution in [0.3, 0.4) is 0 Å². The van der Waals surface area contributed by atoms with Crippen molar-refractivity contribution in [2.45, 2.75) is 6.92 Å². The van der Waals surface area contributed by atoms with Crippen LogP contribution in [0.4, 0.5) is 5.82 Å². The lowest BCUT2D eigenvalue weighted by atomic mass is 10.1. The van der Waals surface area contributed by atoms with Crippen molar-refractivity contribution in [2.75, 3.05) is 6.61 Å². The van der Waals surface area contributed by atoms with E-state index in [0.717, 1.165) is 0 Å². The van der Waals surface area contributed by atoms with Gasteiger partial charge in [-0.05, 0) is 24.0 Å². The number of hydrogen-bond acceptors (Lipinski definition) is 6. The van der Waals surface area contributed by atoms with Crippen LogP contribution in [0.1, 0.15) is 17.3 Å². The number of carbonyl (C=O) groups is 1. The molecule has 2 rings (SSSR count). The van der Waals surface area contributed by atoms with Crippen molar-refractivity contribution in [3.63, 3.8) is 0 Å². The van der Waals surface area contributed by atoms with Gasteiger partial charge in [-0.25, -0.2) is 4.79 Å². The third-order valence-corrected chi connectivity index (χ3v) is 2.77. The van der Waals surface area contributed by atoms with Crippen molar-refractivity contribution >= 4 is 23.4 Å². The van der Waals surface area contributed by atoms with Gasteiger partial charge in [0.15, 0.2) is 5.16 Å². The molecular weight excluding hydrogens is 288 g/mol. The highest BCUT2D eigenvalue weighted by Crippen LogP contribution is 2.35. The van der Waals surface area contributed by atoms with Crippen molar-refractivity contribution in [3.05, 3.63) is 45.0 Å². The van der Waals surface area contributed by atoms with Crippen LogP contribution < -0.4 is 0 Å². The highest BCUT2D eigenvalue weighted by molar-refractivity contribution is 6.33. The summed E-state index contributed by atoms with van der Waals surface area (Å²) in [5, 5.41) is 14.5. The number of rotatable bonds is 4. The number of ether oxygens (including phenoxy) is 1. The van der Waals surface area contributed by atoms with Gasteiger partial charge < -0.3 is 14.9 Å². The maximum absolute atomic E-state index is 11.9. The van der Waals surface area contributed by atoms with E-state index >= 15 is 0 Å². The van der Waals surface area contributed by atoms with Crippen molar-refractivity contribution in [1.82, 2.24) is 5.16 Å². The van der Waals surface area contributed by atoms with Crippen molar-refractivity contribution < 1.29 is 19.0 Å². The minimum atomic E-state index is -0.879. The first-order chi connectivity index (χ1) is 9.56. The minimum Gasteiger partial charge on any atom is -0.462 e. The Hall–Kier alpha value is -2.41. The molecule has 7 nitrogen and oxygen atoms in total. The SMILES string of the molecule is CCOC(=O)c1c([N+](=O)[O-])noc1-c1ccccc1Cl. The fraction of sp³-hybridized carbons (Fsp3) is 0.167. The van der Waals surface area contributed by atoms with Gasteiger partial charge in [-0.15, -0.1) is 0 Å². The Labute approximate surface area is 118 Å². The summed E-state index contributed by atoms with van der Waals surface area (Å²) in [4.78, 5) is 22.0. The number of esters is 1. The van der Waals surface area contributed by atoms with Crippen LogP contribution in [0.25, 0.3) is 11.3 Å². The monoisotopic (exact) mass is 296 g/mol. The third-order valence-electron chi connectivity index (χ3n) is 2.45. The number of halogens is 1. The molecule has 0 saturated heterocycles. The van der Waals surface area contributed by atoms with Crippen LogP contribution in [0, 0.1) is 10.1 Å². The lowest BCUT2D eigenvalue weighted by molar-refractivity contribution is -0.391. The molecule has 1 aromatic heterocycles. The zero-order chi connectivity index (χ0) is 14.7. The van der Waals surface area contributed by atoms with Gasteiger partial charge >= 0.3 is 11.8 Å². The first kappa shape index (κ1) is 14.0. The van der Waals surface area contributed by atoms with Crippen LogP contribution >= 0.6 is 11.6 Å². The first-order valence-electron chi connectivity index (χ1n) is 5.62. The number of hydrogen-bond donors (Lipinski definition) is 0. The van der Waals surface area contributed by atoms with E-state index in [1.54, 1.807) is 31.2 Å². The third kappa shape index (κ3) is 2.48. The fourth-order valence-electron chi connectivity index (χ4n) is 1.62. The summed E-state index contributed by atoms with van der Waals surface area (Å²) in [6.07, 6.45) is 0. The summed E-state index contributed by atoms with van der Waals surface area (Å²) in [7, 11) is 0. The Morgan fingerprint density at radius 3 is 2.80 bits per heavy atom. The van der Waals surface area contributed by atoms with Crippen LogP contribution in [-0.4, -0.2) is 22.7 Å². The lowest BCUT2D eigenvalue weighted by Crippen LogP contribution is -2.08. The fourth-order valence-corrected chi connectivity index (χ4v) is 1.84. The largest absolute Gasteiger partial charge is 0.462 e. The molecule has 0 spiro atoms. The Morgan fingerprint density at radius 2 is 2.20 bits per heavy atom. The summed E-state index contributed by atoms with van der Waals surface area (Å²) in [5.41, 5.74) is -0.0113. The molecule has 0 aliphatic rings. The van der Waals surface area contributed by atoms with Crippen molar-refractivity contribution in [1.29, 1.82) is 0 Å². The molecule has 0 radical (unpaired) electrons. The van der Waals surface area contributed by atoms with E-state index < -0.39 is 16.7 Å². The van der Waals surface area contributed by atoms with E-state index in [4.69, 9.17) is 20.9 Å². The number of benzene rings is 1. The van der Waals surface area contributed by atoms with Crippen LogP contribution in [-0.2, 0) is 4.74 Å². The van der Waals surface area contributed by atoms with E-state index in [2.05, 4.69) is 5.16 Å². The van der Waals surface area contributed by atoms with E-state index in [9.17, 15) is 14.9 Å². The highest BCUT2D eigenvalue weighted by Gasteiger charge is 2.34. The molecule has 8 heteroatoms. The summed E-state index contributed by atoms with van der Waals surface area (Å²) < 4.78 is 9.71. The molecule has 0 bridgehead atoms. The van der Waals surface area contributed by atoms with Gasteiger partial charge in [-0.1, -0.05) is 23.7 Å². The van der Waals surface area contributed by atoms with Gasteiger partial charge in [0.2, 0.25) is 11.3 Å². The molecule has 0 amide bonds. The Bertz CT molecular complexity index is 668. The summed E-state index contributed by atoms with van der Waals surface area (Å²) in [6.45, 7) is 1.66. The predicted octanol–water partition coefficient (Wildman–Crippen LogP) is 3.08. The molecule has 0 atom stereocenters. The molecule has 0 aliphatic carbocycles. The average molecular weight is 297 g/mol. The maximum atomic E-state index is 11.9. The summed E-state index contributed by atoms with van der Waals surface area (Å²) in [5.74, 6) is -1.66. The second-order valence-corrected chi connectivity index (χ2v) is 4.07. The predicted molar refractivity (Wildman–Crippen MR) is 69.6 cm³/mol. The van der Waals surface area contributed by atoms with Gasteiger partial charge in [0.05, 0.1) is 11.6 Å². The zero-order valence-corrected chi connectivity index (χ0v) is 11.1. The molecule has 0 saturated carbocycles. The standard InChI is InChI=1S/C12H9ClN2O5/c1-2-19-12(16)9-10(20-14-11(9)15(17)18)7-5-3-4-6-8(7)13/h3-6H,2H2,1H3. The number of aromatic nitrogens is 1. The van der Waals surface area contributed by atoms with E-state index in [0.29, 0.717) is 5.56 Å². The topological polar surface area (TPSA) is 95.5 Å². The van der Waals surface area contributed by atoms with Crippen LogP contribution in [0.15, 0.2) is 28.8 Å². The van der Waals surface area contributed by atoms with E-state index in [-0.39, 0.29) is 23.0 Å². The Balaban J connectivity index is 2.63. The molecule has 0 aliphatic heterocycles. The van der Waals surface area contributed by atoms with Gasteiger partial charge in [0.25, 0.3) is 0 Å². The summed E-state index contributed by atoms with van der Waals surface area (Å²) in [6, 6.07) is 6.47. The highest BCUT2D eigenvalue weighted by atomic mass is 35.5. The van der Waals surface area contributed by atoms with Crippen molar-refractivity contribution in [3.8, 4) is 11.3 Å². The average Bonchev–Trinajstić information content (AvgIpc) is 2.84. The zero-order valence-electron chi connectivity index (χ0n) is 10.3. The normalized spacial score (nSPS) is 10.3. The van der Waals surface area contributed by atoms with Crippen LogP contribution in [0.5, 0.6) is 0 Å². The van der Waals surface area contributed by atoms with Crippen molar-refractivity contribution in [2.24, 2.45) is 0 Å². The maximum Gasteiger partial charge on any atom is 0.428 e. The molecule has 1 aromatic carbocycles. The van der Waals surface area contributed by atoms with Gasteiger partial charge in [-0.3, -0.25) is 4.52 Å². The van der Waals surface area contributed by atoms with Gasteiger partial charge in [0.1, 0.15) is 0 Å². The molecule has 1 heterocycles. The van der Waals surface area contributed by atoms with E-state index in [1.165, 1.54) is 0 Å². The smallest absolute Gasteiger partial charge is 0.428 e. The lowest BCUT2D eigenvalue weighted by Gasteiger charge is -2.02. The molecule has 2 aromatic rings. The number of nitro groups is 1. The second-order valence-electron chi connectivity index (χ2n) is 3.67. The Kier molecular flexibility index (Phi) is 3.99. The molecule has 104 valence electrons. The first-order valence-corrected chi connectivity index (χ1v) is 6.00. The number of carbonyl (C=O) groups excluding carboxylic acids is 1. The quantitative estimate of drug-likeness (QED) is 0.489. The van der Waals surface area contributed by atoms with Gasteiger partial charge in [0, 0.05) is 5.56 Å². The molecule has 0 unspecified atom stereocenters. The van der Waals surface area contributed by atoms with Crippen LogP contribution in [0.2, 0.25) is 5.02 Å². The van der Waals surface area contributed by atoms with Gasteiger partial charge in [-0.2, -0.15) is 0 Å². The van der Waals surface area contributed by atoms with E-state index in [1.807, 2.05) is 0 Å². The molecular formula is C12H9ClN2O5. The molecule has 20 heavy (non-hydrogen) atoms. The molecule has 0 N–H and O–H groups in total.